The Morgan fingerprint density at radius 1 is 1.13 bits per heavy atom. The monoisotopic (exact) mass is 310 g/mol. The third-order valence-electron chi connectivity index (χ3n) is 3.20. The van der Waals surface area contributed by atoms with Gasteiger partial charge in [0.15, 0.2) is 0 Å². The zero-order valence-electron chi connectivity index (χ0n) is 12.6. The van der Waals surface area contributed by atoms with Crippen molar-refractivity contribution < 1.29 is 14.4 Å². The van der Waals surface area contributed by atoms with Gasteiger partial charge in [-0.05, 0) is 41.5 Å². The molecular weight excluding hydrogens is 296 g/mol. The van der Waals surface area contributed by atoms with Crippen LogP contribution in [0.4, 0.5) is 5.69 Å². The molecule has 0 N–H and O–H groups in total. The lowest BCUT2D eigenvalue weighted by atomic mass is 10.0. The molecule has 23 heavy (non-hydrogen) atoms. The molecule has 0 radical (unpaired) electrons. The number of ether oxygens (including phenoxy) is 2. The number of rotatable bonds is 5. The van der Waals surface area contributed by atoms with E-state index in [0.29, 0.717) is 28.2 Å². The van der Waals surface area contributed by atoms with E-state index >= 15 is 0 Å². The summed E-state index contributed by atoms with van der Waals surface area (Å²) in [5.41, 5.74) is 1.73. The summed E-state index contributed by atoms with van der Waals surface area (Å²) in [6.07, 6.45) is 1.65. The number of nitrogens with zero attached hydrogens (tertiary/aromatic N) is 2. The van der Waals surface area contributed by atoms with Crippen LogP contribution in [0.5, 0.6) is 11.5 Å². The largest absolute Gasteiger partial charge is 0.497 e. The number of nitro benzene ring substituents is 1. The minimum atomic E-state index is -0.467. The van der Waals surface area contributed by atoms with Crippen LogP contribution in [0.2, 0.25) is 0 Å². The average Bonchev–Trinajstić information content (AvgIpc) is 2.59. The van der Waals surface area contributed by atoms with Crippen LogP contribution >= 0.6 is 0 Å². The van der Waals surface area contributed by atoms with E-state index < -0.39 is 4.92 Å². The van der Waals surface area contributed by atoms with E-state index in [1.54, 1.807) is 36.4 Å². The highest BCUT2D eigenvalue weighted by molar-refractivity contribution is 5.90. The summed E-state index contributed by atoms with van der Waals surface area (Å²) < 4.78 is 10.4. The first-order valence-electron chi connectivity index (χ1n) is 6.67. The van der Waals surface area contributed by atoms with Gasteiger partial charge in [0.2, 0.25) is 0 Å². The summed E-state index contributed by atoms with van der Waals surface area (Å²) in [5, 5.41) is 20.1. The number of nitro groups is 1. The van der Waals surface area contributed by atoms with Crippen molar-refractivity contribution in [3.8, 4) is 17.6 Å². The lowest BCUT2D eigenvalue weighted by Gasteiger charge is -2.08. The summed E-state index contributed by atoms with van der Waals surface area (Å²) in [7, 11) is 3.06. The van der Waals surface area contributed by atoms with Crippen LogP contribution in [-0.4, -0.2) is 19.1 Å². The van der Waals surface area contributed by atoms with Gasteiger partial charge >= 0.3 is 0 Å². The van der Waals surface area contributed by atoms with Crippen LogP contribution in [-0.2, 0) is 0 Å². The normalized spacial score (nSPS) is 10.7. The van der Waals surface area contributed by atoms with Gasteiger partial charge in [-0.3, -0.25) is 10.1 Å². The number of hydrogen-bond donors (Lipinski definition) is 0. The van der Waals surface area contributed by atoms with Crippen LogP contribution in [0.15, 0.2) is 42.5 Å². The van der Waals surface area contributed by atoms with Gasteiger partial charge in [0, 0.05) is 18.2 Å². The van der Waals surface area contributed by atoms with Gasteiger partial charge in [0.25, 0.3) is 5.69 Å². The van der Waals surface area contributed by atoms with Crippen LogP contribution in [0.3, 0.4) is 0 Å². The molecule has 0 aliphatic rings. The number of non-ortho nitro benzene ring substituents is 1. The van der Waals surface area contributed by atoms with Gasteiger partial charge in [-0.1, -0.05) is 0 Å². The van der Waals surface area contributed by atoms with E-state index in [9.17, 15) is 15.4 Å². The standard InChI is InChI=1S/C17H14N2O4/c1-22-16-8-13(9-17(10-16)23-2)14(11-18)7-12-3-5-15(6-4-12)19(20)21/h3-10H,1-2H3/b14-7+. The minimum absolute atomic E-state index is 0.00343. The predicted molar refractivity (Wildman–Crippen MR) is 86.1 cm³/mol. The molecule has 2 rings (SSSR count). The number of nitriles is 1. The van der Waals surface area contributed by atoms with Gasteiger partial charge in [-0.2, -0.15) is 5.26 Å². The molecule has 0 bridgehead atoms. The topological polar surface area (TPSA) is 85.4 Å². The Labute approximate surface area is 133 Å². The summed E-state index contributed by atoms with van der Waals surface area (Å²) in [6, 6.07) is 13.3. The van der Waals surface area contributed by atoms with Crippen molar-refractivity contribution in [3.63, 3.8) is 0 Å². The Hall–Kier alpha value is -3.33. The van der Waals surface area contributed by atoms with Gasteiger partial charge in [-0.25, -0.2) is 0 Å². The summed E-state index contributed by atoms with van der Waals surface area (Å²) in [4.78, 5) is 10.2. The Morgan fingerprint density at radius 2 is 1.70 bits per heavy atom. The van der Waals surface area contributed by atoms with Crippen LogP contribution in [0, 0.1) is 21.4 Å². The molecule has 0 aromatic heterocycles. The molecule has 0 saturated carbocycles. The van der Waals surface area contributed by atoms with Crippen molar-refractivity contribution in [2.24, 2.45) is 0 Å². The third-order valence-corrected chi connectivity index (χ3v) is 3.20. The van der Waals surface area contributed by atoms with Crippen molar-refractivity contribution >= 4 is 17.3 Å². The number of hydrogen-bond acceptors (Lipinski definition) is 5. The molecule has 0 fully saturated rings. The highest BCUT2D eigenvalue weighted by Crippen LogP contribution is 2.28. The van der Waals surface area contributed by atoms with E-state index in [4.69, 9.17) is 9.47 Å². The summed E-state index contributed by atoms with van der Waals surface area (Å²) >= 11 is 0. The molecule has 0 spiro atoms. The second-order valence-corrected chi connectivity index (χ2v) is 4.62. The van der Waals surface area contributed by atoms with E-state index in [-0.39, 0.29) is 5.69 Å². The van der Waals surface area contributed by atoms with E-state index in [2.05, 4.69) is 6.07 Å². The fourth-order valence-electron chi connectivity index (χ4n) is 2.00. The lowest BCUT2D eigenvalue weighted by molar-refractivity contribution is -0.384. The molecule has 6 heteroatoms. The SMILES string of the molecule is COc1cc(OC)cc(/C(C#N)=C/c2ccc([N+](=O)[O-])cc2)c1. The molecule has 2 aromatic carbocycles. The molecule has 0 unspecified atom stereocenters. The van der Waals surface area contributed by atoms with Crippen molar-refractivity contribution in [2.75, 3.05) is 14.2 Å². The molecule has 2 aromatic rings. The van der Waals surface area contributed by atoms with Crippen LogP contribution in [0.25, 0.3) is 11.6 Å². The van der Waals surface area contributed by atoms with Crippen molar-refractivity contribution in [1.29, 1.82) is 5.26 Å². The van der Waals surface area contributed by atoms with Crippen molar-refractivity contribution in [1.82, 2.24) is 0 Å². The summed E-state index contributed by atoms with van der Waals surface area (Å²) in [6.45, 7) is 0. The second kappa shape index (κ2) is 7.09. The van der Waals surface area contributed by atoms with E-state index in [1.165, 1.54) is 26.4 Å². The predicted octanol–water partition coefficient (Wildman–Crippen LogP) is 3.68. The molecule has 0 saturated heterocycles. The maximum atomic E-state index is 10.7. The van der Waals surface area contributed by atoms with Crippen molar-refractivity contribution in [2.45, 2.75) is 0 Å². The molecule has 0 amide bonds. The quantitative estimate of drug-likeness (QED) is 0.364. The fraction of sp³-hybridized carbons (Fsp3) is 0.118. The number of benzene rings is 2. The Bertz CT molecular complexity index is 767. The van der Waals surface area contributed by atoms with Gasteiger partial charge in [0.1, 0.15) is 11.5 Å². The molecule has 0 aliphatic heterocycles. The molecule has 0 atom stereocenters. The second-order valence-electron chi connectivity index (χ2n) is 4.62. The first kappa shape index (κ1) is 16.0. The minimum Gasteiger partial charge on any atom is -0.497 e. The zero-order chi connectivity index (χ0) is 16.8. The Morgan fingerprint density at radius 3 is 2.13 bits per heavy atom. The average molecular weight is 310 g/mol. The molecule has 0 aliphatic carbocycles. The molecular formula is C17H14N2O4. The number of methoxy groups -OCH3 is 2. The Kier molecular flexibility index (Phi) is 4.95. The van der Waals surface area contributed by atoms with Crippen molar-refractivity contribution in [3.05, 3.63) is 63.7 Å². The highest BCUT2D eigenvalue weighted by atomic mass is 16.6. The van der Waals surface area contributed by atoms with Crippen LogP contribution < -0.4 is 9.47 Å². The van der Waals surface area contributed by atoms with Gasteiger partial charge < -0.3 is 9.47 Å². The van der Waals surface area contributed by atoms with Gasteiger partial charge in [-0.15, -0.1) is 0 Å². The third kappa shape index (κ3) is 3.86. The lowest BCUT2D eigenvalue weighted by Crippen LogP contribution is -1.91. The first-order chi connectivity index (χ1) is 11.1. The maximum absolute atomic E-state index is 10.7. The zero-order valence-corrected chi connectivity index (χ0v) is 12.6. The smallest absolute Gasteiger partial charge is 0.269 e. The van der Waals surface area contributed by atoms with E-state index in [1.807, 2.05) is 0 Å². The maximum Gasteiger partial charge on any atom is 0.269 e. The first-order valence-corrected chi connectivity index (χ1v) is 6.67. The highest BCUT2D eigenvalue weighted by Gasteiger charge is 2.08. The molecule has 6 nitrogen and oxygen atoms in total. The van der Waals surface area contributed by atoms with E-state index in [0.717, 1.165) is 0 Å². The Balaban J connectivity index is 2.43. The van der Waals surface area contributed by atoms with Gasteiger partial charge in [0.05, 0.1) is 30.8 Å². The molecule has 0 heterocycles. The van der Waals surface area contributed by atoms with Crippen LogP contribution in [0.1, 0.15) is 11.1 Å². The summed E-state index contributed by atoms with van der Waals surface area (Å²) in [5.74, 6) is 1.15. The fourth-order valence-corrected chi connectivity index (χ4v) is 2.00. The number of allylic oxidation sites excluding steroid dienone is 1. The molecule has 116 valence electrons.